The Labute approximate surface area is 113 Å². The van der Waals surface area contributed by atoms with E-state index in [9.17, 15) is 9.59 Å². The Hall–Kier alpha value is -1.72. The summed E-state index contributed by atoms with van der Waals surface area (Å²) >= 11 is 0. The molecule has 0 aliphatic carbocycles. The third-order valence-electron chi connectivity index (χ3n) is 2.56. The van der Waals surface area contributed by atoms with Gasteiger partial charge in [0.15, 0.2) is 0 Å². The van der Waals surface area contributed by atoms with Gasteiger partial charge in [-0.2, -0.15) is 0 Å². The number of carboxylic acids is 1. The molecule has 1 aromatic rings. The van der Waals surface area contributed by atoms with Crippen molar-refractivity contribution in [1.82, 2.24) is 0 Å². The zero-order valence-corrected chi connectivity index (χ0v) is 11.2. The van der Waals surface area contributed by atoms with Crippen molar-refractivity contribution in [2.75, 3.05) is 6.54 Å². The van der Waals surface area contributed by atoms with Gasteiger partial charge in [0.2, 0.25) is 0 Å². The molecule has 0 aliphatic heterocycles. The highest BCUT2D eigenvalue weighted by Crippen LogP contribution is 2.01. The molecule has 1 rings (SSSR count). The minimum Gasteiger partial charge on any atom is -0.480 e. The largest absolute Gasteiger partial charge is 0.480 e. The van der Waals surface area contributed by atoms with Crippen molar-refractivity contribution in [3.63, 3.8) is 0 Å². The maximum Gasteiger partial charge on any atom is 0.320 e. The Balaban J connectivity index is 0.000000344. The number of carbonyl (C=O) groups is 2. The Kier molecular flexibility index (Phi) is 9.30. The maximum absolute atomic E-state index is 10.2. The summed E-state index contributed by atoms with van der Waals surface area (Å²) in [5.41, 5.74) is 12.3. The molecule has 0 amide bonds. The van der Waals surface area contributed by atoms with E-state index in [0.717, 1.165) is 18.3 Å². The van der Waals surface area contributed by atoms with Gasteiger partial charge in [0, 0.05) is 5.56 Å². The molecule has 5 heteroatoms. The summed E-state index contributed by atoms with van der Waals surface area (Å²) in [6, 6.07) is 6.89. The monoisotopic (exact) mass is 266 g/mol. The number of aliphatic carboxylic acids is 1. The van der Waals surface area contributed by atoms with Crippen LogP contribution in [-0.4, -0.2) is 29.9 Å². The lowest BCUT2D eigenvalue weighted by molar-refractivity contribution is -0.138. The average Bonchev–Trinajstić information content (AvgIpc) is 2.45. The van der Waals surface area contributed by atoms with Crippen LogP contribution in [0.4, 0.5) is 0 Å². The zero-order chi connectivity index (χ0) is 14.7. The number of hydrogen-bond acceptors (Lipinski definition) is 4. The molecule has 0 saturated heterocycles. The molecule has 1 aromatic carbocycles. The van der Waals surface area contributed by atoms with Gasteiger partial charge in [-0.15, -0.1) is 0 Å². The molecule has 0 aliphatic rings. The SMILES string of the molecule is CCc1ccc(C=O)cc1.NCCCC(N)C(=O)O. The van der Waals surface area contributed by atoms with Gasteiger partial charge in [-0.3, -0.25) is 9.59 Å². The first-order valence-corrected chi connectivity index (χ1v) is 6.27. The van der Waals surface area contributed by atoms with Gasteiger partial charge < -0.3 is 16.6 Å². The van der Waals surface area contributed by atoms with Gasteiger partial charge in [0.25, 0.3) is 0 Å². The van der Waals surface area contributed by atoms with E-state index in [-0.39, 0.29) is 0 Å². The van der Waals surface area contributed by atoms with E-state index in [1.165, 1.54) is 5.56 Å². The van der Waals surface area contributed by atoms with Crippen molar-refractivity contribution in [3.05, 3.63) is 35.4 Å². The smallest absolute Gasteiger partial charge is 0.320 e. The molecule has 19 heavy (non-hydrogen) atoms. The van der Waals surface area contributed by atoms with E-state index >= 15 is 0 Å². The lowest BCUT2D eigenvalue weighted by Crippen LogP contribution is -2.30. The summed E-state index contributed by atoms with van der Waals surface area (Å²) in [5.74, 6) is -0.955. The summed E-state index contributed by atoms with van der Waals surface area (Å²) in [5, 5.41) is 8.24. The topological polar surface area (TPSA) is 106 Å². The number of aldehydes is 1. The first-order valence-electron chi connectivity index (χ1n) is 6.27. The molecular weight excluding hydrogens is 244 g/mol. The summed E-state index contributed by atoms with van der Waals surface area (Å²) in [7, 11) is 0. The fourth-order valence-electron chi connectivity index (χ4n) is 1.29. The Morgan fingerprint density at radius 1 is 1.37 bits per heavy atom. The van der Waals surface area contributed by atoms with E-state index in [1.807, 2.05) is 24.3 Å². The minimum atomic E-state index is -0.955. The van der Waals surface area contributed by atoms with Gasteiger partial charge in [-0.1, -0.05) is 31.2 Å². The number of carbonyl (C=O) groups excluding carboxylic acids is 1. The van der Waals surface area contributed by atoms with E-state index in [2.05, 4.69) is 6.92 Å². The molecule has 0 heterocycles. The van der Waals surface area contributed by atoms with E-state index in [0.29, 0.717) is 19.4 Å². The molecular formula is C14H22N2O3. The lowest BCUT2D eigenvalue weighted by atomic mass is 10.1. The summed E-state index contributed by atoms with van der Waals surface area (Å²) in [6.45, 7) is 2.59. The van der Waals surface area contributed by atoms with Gasteiger partial charge in [0.05, 0.1) is 0 Å². The predicted molar refractivity (Wildman–Crippen MR) is 75.1 cm³/mol. The second kappa shape index (κ2) is 10.2. The van der Waals surface area contributed by atoms with Crippen LogP contribution in [0.15, 0.2) is 24.3 Å². The molecule has 5 nitrogen and oxygen atoms in total. The molecule has 106 valence electrons. The van der Waals surface area contributed by atoms with Crippen molar-refractivity contribution in [1.29, 1.82) is 0 Å². The number of hydrogen-bond donors (Lipinski definition) is 3. The Morgan fingerprint density at radius 3 is 2.32 bits per heavy atom. The molecule has 0 fully saturated rings. The lowest BCUT2D eigenvalue weighted by Gasteiger charge is -2.02. The fraction of sp³-hybridized carbons (Fsp3) is 0.429. The van der Waals surface area contributed by atoms with Crippen LogP contribution in [0.5, 0.6) is 0 Å². The second-order valence-electron chi connectivity index (χ2n) is 4.09. The fourth-order valence-corrected chi connectivity index (χ4v) is 1.29. The highest BCUT2D eigenvalue weighted by atomic mass is 16.4. The Morgan fingerprint density at radius 2 is 1.95 bits per heavy atom. The van der Waals surface area contributed by atoms with Gasteiger partial charge in [-0.05, 0) is 31.4 Å². The van der Waals surface area contributed by atoms with Gasteiger partial charge in [0.1, 0.15) is 12.3 Å². The third-order valence-corrected chi connectivity index (χ3v) is 2.56. The third kappa shape index (κ3) is 8.07. The molecule has 0 spiro atoms. The van der Waals surface area contributed by atoms with Crippen LogP contribution < -0.4 is 11.5 Å². The van der Waals surface area contributed by atoms with Gasteiger partial charge in [-0.25, -0.2) is 0 Å². The molecule has 0 saturated carbocycles. The summed E-state index contributed by atoms with van der Waals surface area (Å²) in [4.78, 5) is 20.2. The van der Waals surface area contributed by atoms with Crippen molar-refractivity contribution in [2.45, 2.75) is 32.2 Å². The van der Waals surface area contributed by atoms with Crippen LogP contribution in [0.25, 0.3) is 0 Å². The number of carboxylic acid groups (broad SMARTS) is 1. The van der Waals surface area contributed by atoms with Gasteiger partial charge >= 0.3 is 5.97 Å². The first kappa shape index (κ1) is 17.3. The summed E-state index contributed by atoms with van der Waals surface area (Å²) in [6.07, 6.45) is 3.03. The van der Waals surface area contributed by atoms with Crippen LogP contribution in [0.3, 0.4) is 0 Å². The number of benzene rings is 1. The average molecular weight is 266 g/mol. The molecule has 5 N–H and O–H groups in total. The van der Waals surface area contributed by atoms with Crippen LogP contribution in [0, 0.1) is 0 Å². The van der Waals surface area contributed by atoms with Crippen LogP contribution >= 0.6 is 0 Å². The van der Waals surface area contributed by atoms with Crippen molar-refractivity contribution >= 4 is 12.3 Å². The minimum absolute atomic E-state index is 0.464. The van der Waals surface area contributed by atoms with Crippen LogP contribution in [-0.2, 0) is 11.2 Å². The normalized spacial score (nSPS) is 11.1. The number of nitrogens with two attached hydrogens (primary N) is 2. The first-order chi connectivity index (χ1) is 9.04. The molecule has 1 unspecified atom stereocenters. The standard InChI is InChI=1S/C9H10O.C5H12N2O2/c1-2-8-3-5-9(7-10)6-4-8;6-3-1-2-4(7)5(8)9/h3-7H,2H2,1H3;4H,1-3,6-7H2,(H,8,9). The highest BCUT2D eigenvalue weighted by molar-refractivity contribution is 5.74. The molecule has 1 atom stereocenters. The molecule has 0 radical (unpaired) electrons. The summed E-state index contributed by atoms with van der Waals surface area (Å²) < 4.78 is 0. The zero-order valence-electron chi connectivity index (χ0n) is 11.2. The van der Waals surface area contributed by atoms with E-state index in [4.69, 9.17) is 16.6 Å². The van der Waals surface area contributed by atoms with E-state index in [1.54, 1.807) is 0 Å². The second-order valence-corrected chi connectivity index (χ2v) is 4.09. The predicted octanol–water partition coefficient (Wildman–Crippen LogP) is 1.20. The van der Waals surface area contributed by atoms with E-state index < -0.39 is 12.0 Å². The van der Waals surface area contributed by atoms with Crippen molar-refractivity contribution in [3.8, 4) is 0 Å². The molecule has 0 bridgehead atoms. The Bertz CT molecular complexity index is 377. The maximum atomic E-state index is 10.2. The molecule has 0 aromatic heterocycles. The number of rotatable bonds is 6. The van der Waals surface area contributed by atoms with Crippen LogP contribution in [0.1, 0.15) is 35.7 Å². The quantitative estimate of drug-likeness (QED) is 0.671. The van der Waals surface area contributed by atoms with Crippen LogP contribution in [0.2, 0.25) is 0 Å². The highest BCUT2D eigenvalue weighted by Gasteiger charge is 2.08. The van der Waals surface area contributed by atoms with Crippen molar-refractivity contribution < 1.29 is 14.7 Å². The number of aryl methyl sites for hydroxylation is 1. The van der Waals surface area contributed by atoms with Crippen molar-refractivity contribution in [2.24, 2.45) is 11.5 Å².